The van der Waals surface area contributed by atoms with Crippen LogP contribution in [0.2, 0.25) is 0 Å². The van der Waals surface area contributed by atoms with E-state index in [-0.39, 0.29) is 24.6 Å². The number of aromatic amines is 1. The summed E-state index contributed by atoms with van der Waals surface area (Å²) in [4.78, 5) is 36.6. The van der Waals surface area contributed by atoms with Gasteiger partial charge in [0, 0.05) is 5.92 Å². The fourth-order valence-corrected chi connectivity index (χ4v) is 3.51. The van der Waals surface area contributed by atoms with Gasteiger partial charge in [-0.1, -0.05) is 24.3 Å². The molecule has 0 bridgehead atoms. The number of fused-ring (bicyclic) bond motifs is 2. The maximum atomic E-state index is 12.6. The van der Waals surface area contributed by atoms with Crippen LogP contribution in [0.1, 0.15) is 30.4 Å². The summed E-state index contributed by atoms with van der Waals surface area (Å²) in [6, 6.07) is 15.0. The molecule has 2 heterocycles. The Bertz CT molecular complexity index is 1250. The lowest BCUT2D eigenvalue weighted by molar-refractivity contribution is -0.121. The molecule has 0 radical (unpaired) electrons. The van der Waals surface area contributed by atoms with Crippen LogP contribution >= 0.6 is 0 Å². The van der Waals surface area contributed by atoms with E-state index in [4.69, 9.17) is 4.98 Å². The van der Waals surface area contributed by atoms with Crippen molar-refractivity contribution in [2.45, 2.75) is 31.8 Å². The van der Waals surface area contributed by atoms with E-state index in [1.165, 1.54) is 0 Å². The van der Waals surface area contributed by atoms with Gasteiger partial charge in [-0.15, -0.1) is 0 Å². The highest BCUT2D eigenvalue weighted by Crippen LogP contribution is 2.40. The van der Waals surface area contributed by atoms with Crippen molar-refractivity contribution < 1.29 is 4.79 Å². The average Bonchev–Trinajstić information content (AvgIpc) is 3.49. The molecule has 0 aliphatic heterocycles. The topological polar surface area (TPSA) is 92.7 Å². The Morgan fingerprint density at radius 3 is 2.64 bits per heavy atom. The maximum absolute atomic E-state index is 12.6. The van der Waals surface area contributed by atoms with Gasteiger partial charge in [0.1, 0.15) is 18.2 Å². The molecule has 4 aromatic rings. The third kappa shape index (κ3) is 3.05. The number of hydrogen-bond donors (Lipinski definition) is 2. The van der Waals surface area contributed by atoms with Crippen LogP contribution in [0.4, 0.5) is 0 Å². The molecule has 2 aromatic heterocycles. The molecule has 1 aliphatic carbocycles. The molecule has 0 unspecified atom stereocenters. The molecule has 5 rings (SSSR count). The highest BCUT2D eigenvalue weighted by Gasteiger charge is 2.30. The van der Waals surface area contributed by atoms with Gasteiger partial charge in [0.25, 0.3) is 5.56 Å². The van der Waals surface area contributed by atoms with Crippen molar-refractivity contribution in [3.63, 3.8) is 0 Å². The number of imidazole rings is 1. The number of benzene rings is 2. The van der Waals surface area contributed by atoms with Crippen molar-refractivity contribution in [3.05, 3.63) is 70.5 Å². The van der Waals surface area contributed by atoms with Crippen molar-refractivity contribution in [1.29, 1.82) is 0 Å². The summed E-state index contributed by atoms with van der Waals surface area (Å²) < 4.78 is 2.00. The molecule has 28 heavy (non-hydrogen) atoms. The minimum absolute atomic E-state index is 0.138. The van der Waals surface area contributed by atoms with Crippen LogP contribution < -0.4 is 10.9 Å². The van der Waals surface area contributed by atoms with Gasteiger partial charge in [0.05, 0.1) is 28.5 Å². The molecule has 7 heteroatoms. The Balaban J connectivity index is 1.35. The quantitative estimate of drug-likeness (QED) is 0.562. The number of aromatic nitrogens is 4. The maximum Gasteiger partial charge on any atom is 0.258 e. The largest absolute Gasteiger partial charge is 0.347 e. The predicted molar refractivity (Wildman–Crippen MR) is 106 cm³/mol. The van der Waals surface area contributed by atoms with E-state index in [0.29, 0.717) is 22.6 Å². The number of amides is 1. The number of carbonyl (C=O) groups is 1. The Morgan fingerprint density at radius 1 is 1.07 bits per heavy atom. The molecule has 2 N–H and O–H groups in total. The molecule has 2 aromatic carbocycles. The first-order valence-electron chi connectivity index (χ1n) is 9.39. The van der Waals surface area contributed by atoms with Crippen LogP contribution in [0, 0.1) is 0 Å². The monoisotopic (exact) mass is 373 g/mol. The summed E-state index contributed by atoms with van der Waals surface area (Å²) in [6.07, 6.45) is 2.24. The van der Waals surface area contributed by atoms with Crippen molar-refractivity contribution in [2.75, 3.05) is 0 Å². The number of nitrogens with one attached hydrogen (secondary N) is 2. The number of para-hydroxylation sites is 3. The Kier molecular flexibility index (Phi) is 3.93. The van der Waals surface area contributed by atoms with Gasteiger partial charge >= 0.3 is 0 Å². The second-order valence-electron chi connectivity index (χ2n) is 7.13. The minimum Gasteiger partial charge on any atom is -0.347 e. The molecular formula is C21H19N5O2. The normalized spacial score (nSPS) is 13.9. The van der Waals surface area contributed by atoms with Gasteiger partial charge in [0.2, 0.25) is 5.91 Å². The number of nitrogens with zero attached hydrogens (tertiary/aromatic N) is 3. The molecule has 140 valence electrons. The van der Waals surface area contributed by atoms with Crippen molar-refractivity contribution >= 4 is 27.8 Å². The summed E-state index contributed by atoms with van der Waals surface area (Å²) in [6.45, 7) is 0.370. The molecule has 1 amide bonds. The lowest BCUT2D eigenvalue weighted by Gasteiger charge is -2.10. The molecule has 7 nitrogen and oxygen atoms in total. The SMILES string of the molecule is O=C(Cn1c(C2CC2)nc2ccccc21)NCc1nc2ccccc2c(=O)[nH]1. The molecular weight excluding hydrogens is 354 g/mol. The van der Waals surface area contributed by atoms with Crippen molar-refractivity contribution in [1.82, 2.24) is 24.8 Å². The predicted octanol–water partition coefficient (Wildman–Crippen LogP) is 2.47. The smallest absolute Gasteiger partial charge is 0.258 e. The first kappa shape index (κ1) is 16.7. The summed E-state index contributed by atoms with van der Waals surface area (Å²) in [5.41, 5.74) is 2.30. The number of rotatable bonds is 5. The minimum atomic E-state index is -0.202. The van der Waals surface area contributed by atoms with Crippen LogP contribution in [-0.2, 0) is 17.9 Å². The Hall–Kier alpha value is -3.48. The molecule has 0 spiro atoms. The van der Waals surface area contributed by atoms with E-state index in [1.807, 2.05) is 34.9 Å². The van der Waals surface area contributed by atoms with Crippen LogP contribution in [0.3, 0.4) is 0 Å². The van der Waals surface area contributed by atoms with Gasteiger partial charge in [-0.25, -0.2) is 9.97 Å². The zero-order valence-corrected chi connectivity index (χ0v) is 15.2. The van der Waals surface area contributed by atoms with E-state index in [9.17, 15) is 9.59 Å². The second-order valence-corrected chi connectivity index (χ2v) is 7.13. The van der Waals surface area contributed by atoms with Gasteiger partial charge in [-0.3, -0.25) is 9.59 Å². The number of carbonyl (C=O) groups excluding carboxylic acids is 1. The highest BCUT2D eigenvalue weighted by molar-refractivity contribution is 5.81. The second kappa shape index (κ2) is 6.60. The van der Waals surface area contributed by atoms with Crippen LogP contribution in [-0.4, -0.2) is 25.4 Å². The Morgan fingerprint density at radius 2 is 1.82 bits per heavy atom. The van der Waals surface area contributed by atoms with Crippen LogP contribution in [0.15, 0.2) is 53.3 Å². The first-order chi connectivity index (χ1) is 13.7. The summed E-state index contributed by atoms with van der Waals surface area (Å²) in [7, 11) is 0. The molecule has 1 fully saturated rings. The summed E-state index contributed by atoms with van der Waals surface area (Å²) in [5, 5.41) is 3.40. The third-order valence-electron chi connectivity index (χ3n) is 5.04. The van der Waals surface area contributed by atoms with E-state index < -0.39 is 0 Å². The van der Waals surface area contributed by atoms with Gasteiger partial charge in [0.15, 0.2) is 0 Å². The van der Waals surface area contributed by atoms with Gasteiger partial charge < -0.3 is 14.9 Å². The summed E-state index contributed by atoms with van der Waals surface area (Å²) >= 11 is 0. The van der Waals surface area contributed by atoms with Crippen LogP contribution in [0.25, 0.3) is 21.9 Å². The third-order valence-corrected chi connectivity index (χ3v) is 5.04. The van der Waals surface area contributed by atoms with Gasteiger partial charge in [-0.2, -0.15) is 0 Å². The molecule has 0 saturated heterocycles. The Labute approximate surface area is 160 Å². The average molecular weight is 373 g/mol. The molecule has 1 saturated carbocycles. The van der Waals surface area contributed by atoms with Crippen LogP contribution in [0.5, 0.6) is 0 Å². The van der Waals surface area contributed by atoms with E-state index >= 15 is 0 Å². The number of hydrogen-bond acceptors (Lipinski definition) is 4. The molecule has 1 aliphatic rings. The summed E-state index contributed by atoms with van der Waals surface area (Å²) in [5.74, 6) is 1.73. The zero-order valence-electron chi connectivity index (χ0n) is 15.2. The van der Waals surface area contributed by atoms with E-state index in [1.54, 1.807) is 18.2 Å². The first-order valence-corrected chi connectivity index (χ1v) is 9.39. The van der Waals surface area contributed by atoms with E-state index in [0.717, 1.165) is 29.7 Å². The van der Waals surface area contributed by atoms with Crippen molar-refractivity contribution in [2.24, 2.45) is 0 Å². The zero-order chi connectivity index (χ0) is 19.1. The lowest BCUT2D eigenvalue weighted by atomic mass is 10.2. The number of H-pyrrole nitrogens is 1. The lowest BCUT2D eigenvalue weighted by Crippen LogP contribution is -2.29. The fraction of sp³-hybridized carbons (Fsp3) is 0.238. The fourth-order valence-electron chi connectivity index (χ4n) is 3.51. The standard InChI is InChI=1S/C21H19N5O2/c27-19(22-11-18-23-15-6-2-1-5-14(15)21(28)25-18)12-26-17-8-4-3-7-16(17)24-20(26)13-9-10-13/h1-8,13H,9-12H2,(H,22,27)(H,23,25,28). The van der Waals surface area contributed by atoms with E-state index in [2.05, 4.69) is 15.3 Å². The highest BCUT2D eigenvalue weighted by atomic mass is 16.2. The molecule has 0 atom stereocenters. The van der Waals surface area contributed by atoms with Crippen molar-refractivity contribution in [3.8, 4) is 0 Å². The van der Waals surface area contributed by atoms with Gasteiger partial charge in [-0.05, 0) is 37.1 Å².